The van der Waals surface area contributed by atoms with Gasteiger partial charge in [-0.25, -0.2) is 4.98 Å². The summed E-state index contributed by atoms with van der Waals surface area (Å²) in [7, 11) is 1.78. The summed E-state index contributed by atoms with van der Waals surface area (Å²) in [6.07, 6.45) is 6.94. The Morgan fingerprint density at radius 1 is 1.30 bits per heavy atom. The first-order chi connectivity index (χ1) is 9.78. The highest BCUT2D eigenvalue weighted by Crippen LogP contribution is 2.21. The van der Waals surface area contributed by atoms with E-state index in [1.807, 2.05) is 4.90 Å². The maximum atomic E-state index is 12.5. The molecule has 3 rings (SSSR count). The summed E-state index contributed by atoms with van der Waals surface area (Å²) in [6, 6.07) is 0.530. The standard InChI is InChI=1S/C14H21N5O/c1-15-13-9-16-8-12(17-13)14(20)19-7-6-18-5-3-2-4-11(18)10-19/h8-9,11H,2-7,10H2,1H3,(H,15,17). The average molecular weight is 275 g/mol. The number of piperazine rings is 1. The van der Waals surface area contributed by atoms with Gasteiger partial charge in [0.05, 0.1) is 12.4 Å². The van der Waals surface area contributed by atoms with Crippen molar-refractivity contribution in [1.29, 1.82) is 0 Å². The average Bonchev–Trinajstić information content (AvgIpc) is 2.53. The number of nitrogens with one attached hydrogen (secondary N) is 1. The van der Waals surface area contributed by atoms with Crippen molar-refractivity contribution >= 4 is 11.7 Å². The van der Waals surface area contributed by atoms with Crippen LogP contribution >= 0.6 is 0 Å². The summed E-state index contributed by atoms with van der Waals surface area (Å²) in [5, 5.41) is 2.92. The zero-order valence-electron chi connectivity index (χ0n) is 11.9. The first-order valence-electron chi connectivity index (χ1n) is 7.31. The van der Waals surface area contributed by atoms with E-state index in [2.05, 4.69) is 20.2 Å². The fourth-order valence-electron chi connectivity index (χ4n) is 3.09. The lowest BCUT2D eigenvalue weighted by molar-refractivity contribution is 0.0368. The van der Waals surface area contributed by atoms with Gasteiger partial charge in [0.1, 0.15) is 11.5 Å². The third kappa shape index (κ3) is 2.60. The van der Waals surface area contributed by atoms with Crippen LogP contribution in [0.25, 0.3) is 0 Å². The fraction of sp³-hybridized carbons (Fsp3) is 0.643. The molecular weight excluding hydrogens is 254 g/mol. The first-order valence-corrected chi connectivity index (χ1v) is 7.31. The highest BCUT2D eigenvalue weighted by atomic mass is 16.2. The maximum Gasteiger partial charge on any atom is 0.274 e. The van der Waals surface area contributed by atoms with E-state index in [9.17, 15) is 4.79 Å². The van der Waals surface area contributed by atoms with Crippen LogP contribution in [0.5, 0.6) is 0 Å². The molecule has 2 saturated heterocycles. The van der Waals surface area contributed by atoms with Gasteiger partial charge in [-0.15, -0.1) is 0 Å². The Kier molecular flexibility index (Phi) is 3.82. The minimum absolute atomic E-state index is 0.000163. The second-order valence-corrected chi connectivity index (χ2v) is 5.48. The van der Waals surface area contributed by atoms with E-state index in [1.165, 1.54) is 25.8 Å². The molecular formula is C14H21N5O. The predicted molar refractivity (Wildman–Crippen MR) is 76.7 cm³/mol. The van der Waals surface area contributed by atoms with Crippen molar-refractivity contribution in [3.8, 4) is 0 Å². The van der Waals surface area contributed by atoms with Crippen LogP contribution in [0.3, 0.4) is 0 Å². The SMILES string of the molecule is CNc1cncc(C(=O)N2CCN3CCCCC3C2)n1. The summed E-state index contributed by atoms with van der Waals surface area (Å²) in [6.45, 7) is 3.78. The van der Waals surface area contributed by atoms with Crippen LogP contribution in [0, 0.1) is 0 Å². The van der Waals surface area contributed by atoms with Gasteiger partial charge in [0.25, 0.3) is 5.91 Å². The molecule has 3 heterocycles. The van der Waals surface area contributed by atoms with E-state index < -0.39 is 0 Å². The molecule has 1 atom stereocenters. The number of hydrogen-bond donors (Lipinski definition) is 1. The van der Waals surface area contributed by atoms with Gasteiger partial charge in [-0.05, 0) is 19.4 Å². The number of fused-ring (bicyclic) bond motifs is 1. The largest absolute Gasteiger partial charge is 0.372 e. The van der Waals surface area contributed by atoms with Crippen LogP contribution in [0.15, 0.2) is 12.4 Å². The van der Waals surface area contributed by atoms with Gasteiger partial charge in [-0.1, -0.05) is 6.42 Å². The number of carbonyl (C=O) groups excluding carboxylic acids is 1. The molecule has 1 amide bonds. The van der Waals surface area contributed by atoms with Crippen molar-refractivity contribution in [1.82, 2.24) is 19.8 Å². The van der Waals surface area contributed by atoms with Gasteiger partial charge in [0.2, 0.25) is 0 Å². The Morgan fingerprint density at radius 3 is 3.05 bits per heavy atom. The molecule has 108 valence electrons. The van der Waals surface area contributed by atoms with Gasteiger partial charge in [0, 0.05) is 32.7 Å². The van der Waals surface area contributed by atoms with Crippen molar-refractivity contribution in [2.45, 2.75) is 25.3 Å². The summed E-state index contributed by atoms with van der Waals surface area (Å²) >= 11 is 0. The van der Waals surface area contributed by atoms with Crippen LogP contribution in [0.1, 0.15) is 29.8 Å². The molecule has 1 unspecified atom stereocenters. The Balaban J connectivity index is 1.70. The lowest BCUT2D eigenvalue weighted by Crippen LogP contribution is -2.56. The summed E-state index contributed by atoms with van der Waals surface area (Å²) in [5.74, 6) is 0.631. The van der Waals surface area contributed by atoms with Crippen molar-refractivity contribution in [3.05, 3.63) is 18.1 Å². The van der Waals surface area contributed by atoms with Crippen molar-refractivity contribution in [3.63, 3.8) is 0 Å². The van der Waals surface area contributed by atoms with Crippen LogP contribution in [-0.4, -0.2) is 64.9 Å². The van der Waals surface area contributed by atoms with E-state index in [0.717, 1.165) is 19.6 Å². The number of rotatable bonds is 2. The van der Waals surface area contributed by atoms with Crippen LogP contribution in [0.4, 0.5) is 5.82 Å². The topological polar surface area (TPSA) is 61.4 Å². The Labute approximate surface area is 119 Å². The highest BCUT2D eigenvalue weighted by molar-refractivity contribution is 5.92. The monoisotopic (exact) mass is 275 g/mol. The quantitative estimate of drug-likeness (QED) is 0.866. The van der Waals surface area contributed by atoms with Gasteiger partial charge >= 0.3 is 0 Å². The molecule has 1 aromatic heterocycles. The fourth-order valence-corrected chi connectivity index (χ4v) is 3.09. The van der Waals surface area contributed by atoms with Gasteiger partial charge in [-0.3, -0.25) is 14.7 Å². The molecule has 2 aliphatic heterocycles. The number of carbonyl (C=O) groups is 1. The number of anilines is 1. The van der Waals surface area contributed by atoms with Crippen molar-refractivity contribution < 1.29 is 4.79 Å². The van der Waals surface area contributed by atoms with Crippen LogP contribution in [-0.2, 0) is 0 Å². The lowest BCUT2D eigenvalue weighted by atomic mass is 9.99. The van der Waals surface area contributed by atoms with Crippen molar-refractivity contribution in [2.24, 2.45) is 0 Å². The molecule has 6 nitrogen and oxygen atoms in total. The minimum Gasteiger partial charge on any atom is -0.372 e. The zero-order valence-corrected chi connectivity index (χ0v) is 11.9. The van der Waals surface area contributed by atoms with E-state index >= 15 is 0 Å². The Morgan fingerprint density at radius 2 is 2.20 bits per heavy atom. The first kappa shape index (κ1) is 13.3. The van der Waals surface area contributed by atoms with E-state index in [1.54, 1.807) is 19.4 Å². The number of amides is 1. The lowest BCUT2D eigenvalue weighted by Gasteiger charge is -2.43. The zero-order chi connectivity index (χ0) is 13.9. The van der Waals surface area contributed by atoms with Crippen LogP contribution < -0.4 is 5.32 Å². The Hall–Kier alpha value is -1.69. The highest BCUT2D eigenvalue weighted by Gasteiger charge is 2.31. The van der Waals surface area contributed by atoms with E-state index in [4.69, 9.17) is 0 Å². The predicted octanol–water partition coefficient (Wildman–Crippen LogP) is 0.829. The van der Waals surface area contributed by atoms with Gasteiger partial charge < -0.3 is 10.2 Å². The molecule has 0 bridgehead atoms. The molecule has 2 fully saturated rings. The van der Waals surface area contributed by atoms with Crippen LogP contribution in [0.2, 0.25) is 0 Å². The number of nitrogens with zero attached hydrogens (tertiary/aromatic N) is 4. The second-order valence-electron chi connectivity index (χ2n) is 5.48. The molecule has 1 aromatic rings. The molecule has 0 saturated carbocycles. The van der Waals surface area contributed by atoms with E-state index in [-0.39, 0.29) is 5.91 Å². The molecule has 0 aromatic carbocycles. The third-order valence-corrected chi connectivity index (χ3v) is 4.23. The summed E-state index contributed by atoms with van der Waals surface area (Å²) in [4.78, 5) is 25.3. The third-order valence-electron chi connectivity index (χ3n) is 4.23. The molecule has 0 radical (unpaired) electrons. The Bertz CT molecular complexity index is 492. The second kappa shape index (κ2) is 5.75. The van der Waals surface area contributed by atoms with Crippen molar-refractivity contribution in [2.75, 3.05) is 38.5 Å². The number of aromatic nitrogens is 2. The smallest absolute Gasteiger partial charge is 0.274 e. The molecule has 0 aliphatic carbocycles. The summed E-state index contributed by atoms with van der Waals surface area (Å²) in [5.41, 5.74) is 0.432. The molecule has 1 N–H and O–H groups in total. The van der Waals surface area contributed by atoms with Gasteiger partial charge in [-0.2, -0.15) is 0 Å². The number of hydrogen-bond acceptors (Lipinski definition) is 5. The number of piperidine rings is 1. The molecule has 0 spiro atoms. The molecule has 6 heteroatoms. The molecule has 20 heavy (non-hydrogen) atoms. The minimum atomic E-state index is -0.000163. The normalized spacial score (nSPS) is 23.2. The maximum absolute atomic E-state index is 12.5. The van der Waals surface area contributed by atoms with Gasteiger partial charge in [0.15, 0.2) is 0 Å². The van der Waals surface area contributed by atoms with E-state index in [0.29, 0.717) is 17.6 Å². The summed E-state index contributed by atoms with van der Waals surface area (Å²) < 4.78 is 0. The molecule has 2 aliphatic rings.